The minimum Gasteiger partial charge on any atom is -0.336 e. The van der Waals surface area contributed by atoms with E-state index in [2.05, 4.69) is 47.2 Å². The van der Waals surface area contributed by atoms with Gasteiger partial charge in [0, 0.05) is 32.4 Å². The van der Waals surface area contributed by atoms with E-state index in [0.717, 1.165) is 11.3 Å². The van der Waals surface area contributed by atoms with Crippen molar-refractivity contribution in [2.75, 3.05) is 7.05 Å². The lowest BCUT2D eigenvalue weighted by Gasteiger charge is -2.15. The van der Waals surface area contributed by atoms with Crippen molar-refractivity contribution >= 4 is 37.8 Å². The number of hydrogen-bond donors (Lipinski definition) is 1. The maximum atomic E-state index is 12.3. The number of amides is 1. The van der Waals surface area contributed by atoms with Gasteiger partial charge in [-0.05, 0) is 38.8 Å². The standard InChI is InChI=1S/C11H13Br2N5O/c1-6-7(5-18(3)16-6)4-17(2)11(19)9-8(12)10(13)15-14-9/h5H,4H2,1-3H3,(H,14,15). The van der Waals surface area contributed by atoms with Crippen LogP contribution in [0.5, 0.6) is 0 Å². The molecule has 0 bridgehead atoms. The fourth-order valence-electron chi connectivity index (χ4n) is 1.76. The summed E-state index contributed by atoms with van der Waals surface area (Å²) in [6.07, 6.45) is 1.91. The lowest BCUT2D eigenvalue weighted by molar-refractivity contribution is 0.0778. The molecule has 0 aliphatic heterocycles. The zero-order valence-corrected chi connectivity index (χ0v) is 13.9. The summed E-state index contributed by atoms with van der Waals surface area (Å²) in [4.78, 5) is 13.9. The zero-order valence-electron chi connectivity index (χ0n) is 10.7. The third-order valence-corrected chi connectivity index (χ3v) is 4.62. The Morgan fingerprint density at radius 2 is 2.21 bits per heavy atom. The molecule has 1 amide bonds. The Balaban J connectivity index is 2.16. The van der Waals surface area contributed by atoms with Crippen LogP contribution in [-0.2, 0) is 13.6 Å². The molecule has 2 heterocycles. The summed E-state index contributed by atoms with van der Waals surface area (Å²) in [5.41, 5.74) is 2.30. The number of aromatic nitrogens is 4. The number of aryl methyl sites for hydroxylation is 2. The summed E-state index contributed by atoms with van der Waals surface area (Å²) >= 11 is 6.58. The first kappa shape index (κ1) is 14.3. The molecule has 8 heteroatoms. The van der Waals surface area contributed by atoms with Gasteiger partial charge in [0.25, 0.3) is 5.91 Å². The van der Waals surface area contributed by atoms with E-state index in [1.807, 2.05) is 20.2 Å². The van der Waals surface area contributed by atoms with Gasteiger partial charge in [-0.15, -0.1) is 0 Å². The molecule has 2 aromatic rings. The third-order valence-electron chi connectivity index (χ3n) is 2.74. The third kappa shape index (κ3) is 2.89. The van der Waals surface area contributed by atoms with Crippen LogP contribution in [0.2, 0.25) is 0 Å². The second-order valence-electron chi connectivity index (χ2n) is 4.27. The number of nitrogens with one attached hydrogen (secondary N) is 1. The van der Waals surface area contributed by atoms with Gasteiger partial charge in [-0.1, -0.05) is 0 Å². The average Bonchev–Trinajstić information content (AvgIpc) is 2.83. The topological polar surface area (TPSA) is 66.8 Å². The van der Waals surface area contributed by atoms with Crippen LogP contribution in [0.1, 0.15) is 21.7 Å². The van der Waals surface area contributed by atoms with Crippen LogP contribution in [0.25, 0.3) is 0 Å². The van der Waals surface area contributed by atoms with Crippen molar-refractivity contribution in [1.29, 1.82) is 0 Å². The SMILES string of the molecule is Cc1nn(C)cc1CN(C)C(=O)c1n[nH]c(Br)c1Br. The van der Waals surface area contributed by atoms with E-state index in [9.17, 15) is 4.79 Å². The predicted molar refractivity (Wildman–Crippen MR) is 77.7 cm³/mol. The molecule has 0 aliphatic carbocycles. The van der Waals surface area contributed by atoms with Gasteiger partial charge in [0.05, 0.1) is 10.2 Å². The molecule has 0 unspecified atom stereocenters. The molecule has 0 fully saturated rings. The van der Waals surface area contributed by atoms with Gasteiger partial charge < -0.3 is 4.90 Å². The summed E-state index contributed by atoms with van der Waals surface area (Å²) in [5.74, 6) is -0.155. The largest absolute Gasteiger partial charge is 0.336 e. The Hall–Kier alpha value is -1.15. The molecule has 0 aliphatic rings. The van der Waals surface area contributed by atoms with Gasteiger partial charge in [0.15, 0.2) is 5.69 Å². The molecule has 0 radical (unpaired) electrons. The Kier molecular flexibility index (Phi) is 4.10. The molecular weight excluding hydrogens is 378 g/mol. The van der Waals surface area contributed by atoms with Crippen molar-refractivity contribution < 1.29 is 4.79 Å². The van der Waals surface area contributed by atoms with Crippen molar-refractivity contribution in [3.63, 3.8) is 0 Å². The molecule has 2 aromatic heterocycles. The Bertz CT molecular complexity index is 619. The fourth-order valence-corrected chi connectivity index (χ4v) is 2.38. The van der Waals surface area contributed by atoms with E-state index in [4.69, 9.17) is 0 Å². The summed E-state index contributed by atoms with van der Waals surface area (Å²) in [6.45, 7) is 2.42. The summed E-state index contributed by atoms with van der Waals surface area (Å²) in [5, 5.41) is 10.9. The average molecular weight is 391 g/mol. The van der Waals surface area contributed by atoms with Gasteiger partial charge in [-0.2, -0.15) is 10.2 Å². The van der Waals surface area contributed by atoms with Crippen molar-refractivity contribution in [2.24, 2.45) is 7.05 Å². The molecule has 0 saturated heterocycles. The minimum atomic E-state index is -0.155. The highest BCUT2D eigenvalue weighted by atomic mass is 79.9. The molecule has 0 aromatic carbocycles. The molecule has 0 saturated carbocycles. The van der Waals surface area contributed by atoms with E-state index >= 15 is 0 Å². The molecule has 0 atom stereocenters. The van der Waals surface area contributed by atoms with Crippen molar-refractivity contribution in [3.05, 3.63) is 32.2 Å². The number of nitrogens with zero attached hydrogens (tertiary/aromatic N) is 4. The van der Waals surface area contributed by atoms with E-state index in [0.29, 0.717) is 21.3 Å². The lowest BCUT2D eigenvalue weighted by atomic mass is 10.2. The molecule has 6 nitrogen and oxygen atoms in total. The molecule has 2 rings (SSSR count). The number of rotatable bonds is 3. The number of carbonyl (C=O) groups is 1. The molecule has 19 heavy (non-hydrogen) atoms. The number of halogens is 2. The highest BCUT2D eigenvalue weighted by Crippen LogP contribution is 2.25. The highest BCUT2D eigenvalue weighted by Gasteiger charge is 2.21. The Labute approximate surface area is 127 Å². The smallest absolute Gasteiger partial charge is 0.275 e. The lowest BCUT2D eigenvalue weighted by Crippen LogP contribution is -2.27. The maximum Gasteiger partial charge on any atom is 0.275 e. The van der Waals surface area contributed by atoms with Crippen LogP contribution >= 0.6 is 31.9 Å². The van der Waals surface area contributed by atoms with Crippen LogP contribution < -0.4 is 0 Å². The second kappa shape index (κ2) is 5.46. The van der Waals surface area contributed by atoms with Gasteiger partial charge >= 0.3 is 0 Å². The quantitative estimate of drug-likeness (QED) is 0.873. The van der Waals surface area contributed by atoms with E-state index in [-0.39, 0.29) is 5.91 Å². The first-order valence-electron chi connectivity index (χ1n) is 5.54. The fraction of sp³-hybridized carbons (Fsp3) is 0.364. The molecule has 0 spiro atoms. The van der Waals surface area contributed by atoms with Crippen LogP contribution in [0.3, 0.4) is 0 Å². The monoisotopic (exact) mass is 389 g/mol. The van der Waals surface area contributed by atoms with E-state index in [1.54, 1.807) is 16.6 Å². The first-order valence-corrected chi connectivity index (χ1v) is 7.12. The van der Waals surface area contributed by atoms with Crippen molar-refractivity contribution in [1.82, 2.24) is 24.9 Å². The van der Waals surface area contributed by atoms with Crippen LogP contribution in [0.4, 0.5) is 0 Å². The summed E-state index contributed by atoms with van der Waals surface area (Å²) in [7, 11) is 3.60. The maximum absolute atomic E-state index is 12.3. The van der Waals surface area contributed by atoms with Crippen LogP contribution in [0.15, 0.2) is 15.3 Å². The van der Waals surface area contributed by atoms with Gasteiger partial charge in [0.1, 0.15) is 4.60 Å². The molecular formula is C11H13Br2N5O. The Morgan fingerprint density at radius 1 is 1.53 bits per heavy atom. The van der Waals surface area contributed by atoms with E-state index in [1.165, 1.54) is 0 Å². The highest BCUT2D eigenvalue weighted by molar-refractivity contribution is 9.13. The summed E-state index contributed by atoms with van der Waals surface area (Å²) < 4.78 is 3.03. The normalized spacial score (nSPS) is 10.8. The minimum absolute atomic E-state index is 0.155. The first-order chi connectivity index (χ1) is 8.90. The predicted octanol–water partition coefficient (Wildman–Crippen LogP) is 2.25. The van der Waals surface area contributed by atoms with Crippen LogP contribution in [-0.4, -0.2) is 37.8 Å². The summed E-state index contributed by atoms with van der Waals surface area (Å²) in [6, 6.07) is 0. The zero-order chi connectivity index (χ0) is 14.2. The number of aromatic amines is 1. The molecule has 1 N–H and O–H groups in total. The second-order valence-corrected chi connectivity index (χ2v) is 5.86. The number of hydrogen-bond acceptors (Lipinski definition) is 3. The van der Waals surface area contributed by atoms with Gasteiger partial charge in [-0.25, -0.2) is 0 Å². The Morgan fingerprint density at radius 3 is 2.68 bits per heavy atom. The number of carbonyl (C=O) groups excluding carboxylic acids is 1. The number of H-pyrrole nitrogens is 1. The van der Waals surface area contributed by atoms with Crippen LogP contribution in [0, 0.1) is 6.92 Å². The van der Waals surface area contributed by atoms with E-state index < -0.39 is 0 Å². The van der Waals surface area contributed by atoms with Crippen molar-refractivity contribution in [3.8, 4) is 0 Å². The molecule has 102 valence electrons. The van der Waals surface area contributed by atoms with Gasteiger partial charge in [-0.3, -0.25) is 14.6 Å². The van der Waals surface area contributed by atoms with Crippen molar-refractivity contribution in [2.45, 2.75) is 13.5 Å². The van der Waals surface area contributed by atoms with Gasteiger partial charge in [0.2, 0.25) is 0 Å².